The Bertz CT molecular complexity index is 1100. The van der Waals surface area contributed by atoms with Gasteiger partial charge in [0.25, 0.3) is 0 Å². The van der Waals surface area contributed by atoms with Crippen molar-refractivity contribution in [1.82, 2.24) is 4.98 Å². The number of aromatic nitrogens is 1. The van der Waals surface area contributed by atoms with Crippen LogP contribution in [-0.2, 0) is 25.6 Å². The molecule has 0 aliphatic carbocycles. The first kappa shape index (κ1) is 17.8. The van der Waals surface area contributed by atoms with Crippen LogP contribution < -0.4 is 4.72 Å². The number of sulfonamides is 1. The van der Waals surface area contributed by atoms with Crippen molar-refractivity contribution >= 4 is 47.1 Å². The van der Waals surface area contributed by atoms with Gasteiger partial charge in [0.2, 0.25) is 24.2 Å². The second kappa shape index (κ2) is 6.74. The van der Waals surface area contributed by atoms with Crippen LogP contribution in [0.2, 0.25) is 0 Å². The van der Waals surface area contributed by atoms with Gasteiger partial charge in [-0.2, -0.15) is 0 Å². The molecular formula is C16H16N2O4S3. The number of benzene rings is 2. The van der Waals surface area contributed by atoms with Crippen molar-refractivity contribution in [2.24, 2.45) is 0 Å². The summed E-state index contributed by atoms with van der Waals surface area (Å²) in [6.07, 6.45) is 0. The summed E-state index contributed by atoms with van der Waals surface area (Å²) in [7, 11) is -6.95. The Balaban J connectivity index is 1.87. The maximum Gasteiger partial charge on any atom is 0.236 e. The SMILES string of the molecule is CCS(=O)(=O)c1nc2ccc(NS(=O)(=O)Cc3ccccc3)cc2s1. The number of nitrogens with one attached hydrogen (secondary N) is 1. The van der Waals surface area contributed by atoms with Crippen molar-refractivity contribution in [2.45, 2.75) is 17.0 Å². The third-order valence-corrected chi connectivity index (χ3v) is 7.96. The zero-order chi connectivity index (χ0) is 18.1. The summed E-state index contributed by atoms with van der Waals surface area (Å²) in [4.78, 5) is 4.11. The number of nitrogens with zero attached hydrogens (tertiary/aromatic N) is 1. The van der Waals surface area contributed by atoms with E-state index in [9.17, 15) is 16.8 Å². The Labute approximate surface area is 150 Å². The molecule has 2 aromatic carbocycles. The zero-order valence-electron chi connectivity index (χ0n) is 13.3. The molecule has 0 saturated heterocycles. The van der Waals surface area contributed by atoms with E-state index in [4.69, 9.17) is 0 Å². The molecule has 0 atom stereocenters. The van der Waals surface area contributed by atoms with Gasteiger partial charge in [-0.05, 0) is 23.8 Å². The molecule has 0 amide bonds. The van der Waals surface area contributed by atoms with Crippen LogP contribution in [0.25, 0.3) is 10.2 Å². The highest BCUT2D eigenvalue weighted by atomic mass is 32.2. The Kier molecular flexibility index (Phi) is 4.81. The molecule has 9 heteroatoms. The lowest BCUT2D eigenvalue weighted by Gasteiger charge is -2.08. The van der Waals surface area contributed by atoms with Gasteiger partial charge in [0, 0.05) is 0 Å². The lowest BCUT2D eigenvalue weighted by atomic mass is 10.2. The molecule has 1 heterocycles. The van der Waals surface area contributed by atoms with Crippen LogP contribution in [0.1, 0.15) is 12.5 Å². The standard InChI is InChI=1S/C16H16N2O4S3/c1-2-24(19,20)16-17-14-9-8-13(10-15(14)23-16)18-25(21,22)11-12-6-4-3-5-7-12/h3-10,18H,2,11H2,1H3. The first-order valence-corrected chi connectivity index (χ1v) is 11.6. The summed E-state index contributed by atoms with van der Waals surface area (Å²) in [6.45, 7) is 1.56. The predicted octanol–water partition coefficient (Wildman–Crippen LogP) is 3.03. The van der Waals surface area contributed by atoms with E-state index >= 15 is 0 Å². The fourth-order valence-corrected chi connectivity index (χ4v) is 5.77. The third-order valence-electron chi connectivity index (χ3n) is 3.49. The molecule has 132 valence electrons. The van der Waals surface area contributed by atoms with E-state index < -0.39 is 19.9 Å². The molecule has 0 saturated carbocycles. The van der Waals surface area contributed by atoms with Gasteiger partial charge >= 0.3 is 0 Å². The first-order chi connectivity index (χ1) is 11.8. The van der Waals surface area contributed by atoms with E-state index in [0.29, 0.717) is 21.5 Å². The highest BCUT2D eigenvalue weighted by molar-refractivity contribution is 7.93. The summed E-state index contributed by atoms with van der Waals surface area (Å²) in [5.41, 5.74) is 1.60. The minimum absolute atomic E-state index is 0.0244. The topological polar surface area (TPSA) is 93.2 Å². The van der Waals surface area contributed by atoms with Gasteiger partial charge in [-0.15, -0.1) is 11.3 Å². The van der Waals surface area contributed by atoms with Crippen LogP contribution in [0.15, 0.2) is 52.9 Å². The Hall–Kier alpha value is -1.97. The minimum Gasteiger partial charge on any atom is -0.283 e. The number of rotatable bonds is 6. The average Bonchev–Trinajstić information content (AvgIpc) is 2.99. The summed E-state index contributed by atoms with van der Waals surface area (Å²) in [6, 6.07) is 13.7. The molecule has 25 heavy (non-hydrogen) atoms. The van der Waals surface area contributed by atoms with Crippen LogP contribution >= 0.6 is 11.3 Å². The van der Waals surface area contributed by atoms with Gasteiger partial charge in [-0.1, -0.05) is 37.3 Å². The summed E-state index contributed by atoms with van der Waals surface area (Å²) < 4.78 is 51.6. The molecule has 0 spiro atoms. The number of hydrogen-bond acceptors (Lipinski definition) is 6. The molecule has 3 aromatic rings. The van der Waals surface area contributed by atoms with Crippen molar-refractivity contribution in [2.75, 3.05) is 10.5 Å². The molecule has 0 radical (unpaired) electrons. The number of anilines is 1. The van der Waals surface area contributed by atoms with E-state index in [1.54, 1.807) is 49.4 Å². The predicted molar refractivity (Wildman–Crippen MR) is 100 cm³/mol. The van der Waals surface area contributed by atoms with Gasteiger partial charge in [0.15, 0.2) is 0 Å². The van der Waals surface area contributed by atoms with E-state index in [2.05, 4.69) is 9.71 Å². The molecular weight excluding hydrogens is 380 g/mol. The van der Waals surface area contributed by atoms with Crippen molar-refractivity contribution in [3.8, 4) is 0 Å². The Morgan fingerprint density at radius 1 is 1.04 bits per heavy atom. The molecule has 0 aliphatic heterocycles. The molecule has 6 nitrogen and oxygen atoms in total. The lowest BCUT2D eigenvalue weighted by molar-refractivity contribution is 0.596. The van der Waals surface area contributed by atoms with Crippen molar-refractivity contribution in [3.63, 3.8) is 0 Å². The summed E-state index contributed by atoms with van der Waals surface area (Å²) >= 11 is 1.04. The van der Waals surface area contributed by atoms with Crippen LogP contribution in [0.3, 0.4) is 0 Å². The van der Waals surface area contributed by atoms with Gasteiger partial charge < -0.3 is 0 Å². The Morgan fingerprint density at radius 2 is 1.76 bits per heavy atom. The molecule has 1 N–H and O–H groups in total. The number of sulfone groups is 1. The number of thiazole rings is 1. The van der Waals surface area contributed by atoms with Crippen LogP contribution in [-0.4, -0.2) is 27.6 Å². The quantitative estimate of drug-likeness (QED) is 0.691. The zero-order valence-corrected chi connectivity index (χ0v) is 15.8. The van der Waals surface area contributed by atoms with Gasteiger partial charge in [-0.3, -0.25) is 4.72 Å². The normalized spacial score (nSPS) is 12.4. The highest BCUT2D eigenvalue weighted by Crippen LogP contribution is 2.29. The Morgan fingerprint density at radius 3 is 2.44 bits per heavy atom. The van der Waals surface area contributed by atoms with Crippen LogP contribution in [0, 0.1) is 0 Å². The molecule has 1 aromatic heterocycles. The maximum atomic E-state index is 12.3. The molecule has 3 rings (SSSR count). The van der Waals surface area contributed by atoms with E-state index in [-0.39, 0.29) is 15.8 Å². The van der Waals surface area contributed by atoms with Crippen molar-refractivity contribution in [3.05, 3.63) is 54.1 Å². The fourth-order valence-electron chi connectivity index (χ4n) is 2.23. The third kappa shape index (κ3) is 4.17. The lowest BCUT2D eigenvalue weighted by Crippen LogP contribution is -2.14. The monoisotopic (exact) mass is 396 g/mol. The van der Waals surface area contributed by atoms with Crippen molar-refractivity contribution < 1.29 is 16.8 Å². The van der Waals surface area contributed by atoms with E-state index in [1.165, 1.54) is 0 Å². The second-order valence-corrected chi connectivity index (χ2v) is 10.6. The highest BCUT2D eigenvalue weighted by Gasteiger charge is 2.18. The van der Waals surface area contributed by atoms with Crippen LogP contribution in [0.5, 0.6) is 0 Å². The van der Waals surface area contributed by atoms with Gasteiger partial charge in [-0.25, -0.2) is 21.8 Å². The minimum atomic E-state index is -3.57. The summed E-state index contributed by atoms with van der Waals surface area (Å²) in [5, 5.41) is 0. The largest absolute Gasteiger partial charge is 0.283 e. The maximum absolute atomic E-state index is 12.3. The van der Waals surface area contributed by atoms with E-state index in [0.717, 1.165) is 11.3 Å². The molecule has 0 unspecified atom stereocenters. The van der Waals surface area contributed by atoms with Crippen molar-refractivity contribution in [1.29, 1.82) is 0 Å². The molecule has 0 fully saturated rings. The average molecular weight is 397 g/mol. The fraction of sp³-hybridized carbons (Fsp3) is 0.188. The first-order valence-electron chi connectivity index (χ1n) is 7.47. The second-order valence-electron chi connectivity index (χ2n) is 5.41. The van der Waals surface area contributed by atoms with Gasteiger partial charge in [0.05, 0.1) is 27.4 Å². The smallest absolute Gasteiger partial charge is 0.236 e. The van der Waals surface area contributed by atoms with Gasteiger partial charge in [0.1, 0.15) is 0 Å². The van der Waals surface area contributed by atoms with Crippen LogP contribution in [0.4, 0.5) is 5.69 Å². The number of hydrogen-bond donors (Lipinski definition) is 1. The summed E-state index contributed by atoms with van der Waals surface area (Å²) in [5.74, 6) is -0.159. The number of fused-ring (bicyclic) bond motifs is 1. The molecule has 0 bridgehead atoms. The van der Waals surface area contributed by atoms with E-state index in [1.807, 2.05) is 6.07 Å². The molecule has 0 aliphatic rings.